The molecule has 4 rings (SSSR count). The molecule has 1 fully saturated rings. The number of nitrogens with zero attached hydrogens (tertiary/aromatic N) is 3. The van der Waals surface area contributed by atoms with Gasteiger partial charge in [0.15, 0.2) is 17.3 Å². The van der Waals surface area contributed by atoms with Gasteiger partial charge in [0.2, 0.25) is 5.75 Å². The van der Waals surface area contributed by atoms with Gasteiger partial charge in [0.05, 0.1) is 39.5 Å². The van der Waals surface area contributed by atoms with E-state index >= 15 is 0 Å². The van der Waals surface area contributed by atoms with Gasteiger partial charge in [-0.25, -0.2) is 0 Å². The van der Waals surface area contributed by atoms with Crippen molar-refractivity contribution < 1.29 is 19.3 Å². The highest BCUT2D eigenvalue weighted by Gasteiger charge is 2.37. The molecule has 1 saturated heterocycles. The van der Waals surface area contributed by atoms with Crippen LogP contribution in [0.4, 0.5) is 5.82 Å². The van der Waals surface area contributed by atoms with E-state index in [1.54, 1.807) is 27.5 Å². The third-order valence-electron chi connectivity index (χ3n) is 6.10. The Labute approximate surface area is 182 Å². The number of fused-ring (bicyclic) bond motifs is 1. The van der Waals surface area contributed by atoms with Gasteiger partial charge in [-0.2, -0.15) is 5.10 Å². The summed E-state index contributed by atoms with van der Waals surface area (Å²) in [6, 6.07) is 8.11. The predicted molar refractivity (Wildman–Crippen MR) is 120 cm³/mol. The molecule has 1 aliphatic heterocycles. The number of aliphatic hydroxyl groups is 1. The molecule has 0 radical (unpaired) electrons. The molecule has 1 N–H and O–H groups in total. The van der Waals surface area contributed by atoms with Gasteiger partial charge in [-0.15, -0.1) is 5.10 Å². The first-order valence-electron chi connectivity index (χ1n) is 10.4. The van der Waals surface area contributed by atoms with Crippen molar-refractivity contribution in [3.8, 4) is 17.2 Å². The topological polar surface area (TPSA) is 76.9 Å². The van der Waals surface area contributed by atoms with Gasteiger partial charge in [-0.05, 0) is 43.9 Å². The highest BCUT2D eigenvalue weighted by Crippen LogP contribution is 2.45. The summed E-state index contributed by atoms with van der Waals surface area (Å²) < 4.78 is 16.7. The zero-order chi connectivity index (χ0) is 22.2. The van der Waals surface area contributed by atoms with E-state index in [0.717, 1.165) is 34.9 Å². The second-order valence-electron chi connectivity index (χ2n) is 8.15. The molecular formula is C24H29N3O4. The Hall–Kier alpha value is -3.06. The molecule has 164 valence electrons. The van der Waals surface area contributed by atoms with E-state index in [1.165, 1.54) is 5.56 Å². The highest BCUT2D eigenvalue weighted by atomic mass is 16.5. The number of piperidine rings is 1. The number of ether oxygens (including phenoxy) is 3. The molecule has 2 heterocycles. The SMILES string of the molecule is COc1cc2c(N3CCCC(O)(c4ccc(C)cc4C)C3)nncc2c(OC)c1OC. The predicted octanol–water partition coefficient (Wildman–Crippen LogP) is 3.76. The second kappa shape index (κ2) is 8.23. The minimum Gasteiger partial charge on any atom is -0.493 e. The number of anilines is 1. The van der Waals surface area contributed by atoms with E-state index in [1.807, 2.05) is 12.1 Å². The van der Waals surface area contributed by atoms with Crippen molar-refractivity contribution in [2.45, 2.75) is 32.3 Å². The number of β-amino-alcohol motifs (C(OH)–C–C–N with tert-alkyl or cyclic N) is 1. The van der Waals surface area contributed by atoms with Crippen LogP contribution in [-0.2, 0) is 5.60 Å². The summed E-state index contributed by atoms with van der Waals surface area (Å²) in [6.07, 6.45) is 3.21. The Morgan fingerprint density at radius 1 is 1.00 bits per heavy atom. The lowest BCUT2D eigenvalue weighted by molar-refractivity contribution is 0.0212. The Morgan fingerprint density at radius 3 is 2.45 bits per heavy atom. The average molecular weight is 424 g/mol. The van der Waals surface area contributed by atoms with Crippen molar-refractivity contribution >= 4 is 16.6 Å². The molecule has 1 atom stereocenters. The lowest BCUT2D eigenvalue weighted by Gasteiger charge is -2.41. The molecule has 0 bridgehead atoms. The van der Waals surface area contributed by atoms with E-state index in [9.17, 15) is 5.11 Å². The van der Waals surface area contributed by atoms with Gasteiger partial charge in [0, 0.05) is 11.9 Å². The molecule has 3 aromatic rings. The van der Waals surface area contributed by atoms with E-state index in [0.29, 0.717) is 36.0 Å². The highest BCUT2D eigenvalue weighted by molar-refractivity contribution is 5.99. The smallest absolute Gasteiger partial charge is 0.204 e. The van der Waals surface area contributed by atoms with Crippen LogP contribution >= 0.6 is 0 Å². The minimum absolute atomic E-state index is 0.432. The maximum absolute atomic E-state index is 11.6. The normalized spacial score (nSPS) is 18.8. The van der Waals surface area contributed by atoms with E-state index < -0.39 is 5.60 Å². The molecule has 7 nitrogen and oxygen atoms in total. The molecule has 0 amide bonds. The Balaban J connectivity index is 1.81. The van der Waals surface area contributed by atoms with Crippen LogP contribution in [0.25, 0.3) is 10.8 Å². The van der Waals surface area contributed by atoms with Crippen LogP contribution in [0, 0.1) is 13.8 Å². The summed E-state index contributed by atoms with van der Waals surface area (Å²) in [7, 11) is 4.77. The maximum Gasteiger partial charge on any atom is 0.204 e. The second-order valence-corrected chi connectivity index (χ2v) is 8.15. The summed E-state index contributed by atoms with van der Waals surface area (Å²) >= 11 is 0. The maximum atomic E-state index is 11.6. The number of aromatic nitrogens is 2. The Kier molecular flexibility index (Phi) is 5.62. The first-order valence-corrected chi connectivity index (χ1v) is 10.4. The lowest BCUT2D eigenvalue weighted by atomic mass is 9.83. The average Bonchev–Trinajstić information content (AvgIpc) is 2.76. The molecule has 7 heteroatoms. The molecule has 0 saturated carbocycles. The van der Waals surface area contributed by atoms with Crippen molar-refractivity contribution in [1.82, 2.24) is 10.2 Å². The summed E-state index contributed by atoms with van der Waals surface area (Å²) in [5.74, 6) is 2.32. The van der Waals surface area contributed by atoms with Gasteiger partial charge in [0.25, 0.3) is 0 Å². The van der Waals surface area contributed by atoms with Crippen LogP contribution in [0.1, 0.15) is 29.5 Å². The van der Waals surface area contributed by atoms with Crippen molar-refractivity contribution in [3.63, 3.8) is 0 Å². The number of methoxy groups -OCH3 is 3. The van der Waals surface area contributed by atoms with E-state index in [-0.39, 0.29) is 0 Å². The van der Waals surface area contributed by atoms with Crippen LogP contribution in [0.2, 0.25) is 0 Å². The number of aryl methyl sites for hydroxylation is 2. The molecule has 0 aliphatic carbocycles. The van der Waals surface area contributed by atoms with Gasteiger partial charge >= 0.3 is 0 Å². The molecule has 1 aliphatic rings. The minimum atomic E-state index is -0.958. The fourth-order valence-electron chi connectivity index (χ4n) is 4.69. The molecule has 1 unspecified atom stereocenters. The molecular weight excluding hydrogens is 394 g/mol. The summed E-state index contributed by atoms with van der Waals surface area (Å²) in [5, 5.41) is 21.9. The Bertz CT molecular complexity index is 1120. The summed E-state index contributed by atoms with van der Waals surface area (Å²) in [6.45, 7) is 5.33. The van der Waals surface area contributed by atoms with Crippen LogP contribution in [0.15, 0.2) is 30.5 Å². The van der Waals surface area contributed by atoms with Crippen LogP contribution in [0.5, 0.6) is 17.2 Å². The molecule has 0 spiro atoms. The summed E-state index contributed by atoms with van der Waals surface area (Å²) in [5.41, 5.74) is 2.29. The fraction of sp³-hybridized carbons (Fsp3) is 0.417. The standard InChI is InChI=1S/C24H29N3O4/c1-15-7-8-19(16(2)11-15)24(28)9-6-10-27(14-24)23-17-12-20(29-3)22(31-5)21(30-4)18(17)13-25-26-23/h7-8,11-13,28H,6,9-10,14H2,1-5H3. The summed E-state index contributed by atoms with van der Waals surface area (Å²) in [4.78, 5) is 2.10. The van der Waals surface area contributed by atoms with Crippen LogP contribution in [-0.4, -0.2) is 49.7 Å². The lowest BCUT2D eigenvalue weighted by Crippen LogP contribution is -2.47. The quantitative estimate of drug-likeness (QED) is 0.669. The van der Waals surface area contributed by atoms with Gasteiger partial charge in [-0.3, -0.25) is 0 Å². The molecule has 31 heavy (non-hydrogen) atoms. The van der Waals surface area contributed by atoms with Crippen molar-refractivity contribution in [3.05, 3.63) is 47.2 Å². The first kappa shape index (κ1) is 21.2. The third kappa shape index (κ3) is 3.63. The number of rotatable bonds is 5. The van der Waals surface area contributed by atoms with Crippen LogP contribution < -0.4 is 19.1 Å². The largest absolute Gasteiger partial charge is 0.493 e. The van der Waals surface area contributed by atoms with Crippen molar-refractivity contribution in [1.29, 1.82) is 0 Å². The zero-order valence-corrected chi connectivity index (χ0v) is 18.7. The van der Waals surface area contributed by atoms with Gasteiger partial charge < -0.3 is 24.2 Å². The number of hydrogen-bond acceptors (Lipinski definition) is 7. The van der Waals surface area contributed by atoms with Crippen molar-refractivity contribution in [2.24, 2.45) is 0 Å². The fourth-order valence-corrected chi connectivity index (χ4v) is 4.69. The van der Waals surface area contributed by atoms with Gasteiger partial charge in [-0.1, -0.05) is 23.8 Å². The zero-order valence-electron chi connectivity index (χ0n) is 18.7. The number of hydrogen-bond donors (Lipinski definition) is 1. The first-order chi connectivity index (χ1) is 14.9. The van der Waals surface area contributed by atoms with Crippen LogP contribution in [0.3, 0.4) is 0 Å². The monoisotopic (exact) mass is 423 g/mol. The molecule has 2 aromatic carbocycles. The van der Waals surface area contributed by atoms with Crippen molar-refractivity contribution in [2.75, 3.05) is 39.3 Å². The molecule has 1 aromatic heterocycles. The third-order valence-corrected chi connectivity index (χ3v) is 6.10. The van der Waals surface area contributed by atoms with E-state index in [4.69, 9.17) is 14.2 Å². The van der Waals surface area contributed by atoms with Gasteiger partial charge in [0.1, 0.15) is 5.60 Å². The number of benzene rings is 2. The van der Waals surface area contributed by atoms with E-state index in [2.05, 4.69) is 41.1 Å². The Morgan fingerprint density at radius 2 is 1.77 bits per heavy atom.